The van der Waals surface area contributed by atoms with Crippen molar-refractivity contribution in [3.8, 4) is 0 Å². The molecule has 0 N–H and O–H groups in total. The molecule has 0 spiro atoms. The van der Waals surface area contributed by atoms with Crippen LogP contribution < -0.4 is 0 Å². The first-order valence-corrected chi connectivity index (χ1v) is 4.87. The number of carbonyl (C=O) groups is 2. The molecule has 1 aliphatic rings. The van der Waals surface area contributed by atoms with E-state index in [1.807, 2.05) is 0 Å². The summed E-state index contributed by atoms with van der Waals surface area (Å²) in [7, 11) is 2.39. The third kappa shape index (κ3) is 2.77. The van der Waals surface area contributed by atoms with Gasteiger partial charge in [-0.1, -0.05) is 0 Å². The number of hydrogen-bond donors (Lipinski definition) is 0. The fourth-order valence-electron chi connectivity index (χ4n) is 1.52. The van der Waals surface area contributed by atoms with Crippen molar-refractivity contribution < 1.29 is 24.0 Å². The van der Waals surface area contributed by atoms with Gasteiger partial charge in [0.25, 0.3) is 0 Å². The smallest absolute Gasteiger partial charge is 0.389 e. The molecule has 0 saturated heterocycles. The molecule has 2 unspecified atom stereocenters. The predicted molar refractivity (Wildman–Crippen MR) is 55.3 cm³/mol. The van der Waals surface area contributed by atoms with Crippen LogP contribution in [0.25, 0.3) is 0 Å². The fraction of sp³-hybridized carbons (Fsp3) is 0.667. The van der Waals surface area contributed by atoms with Crippen LogP contribution in [0.5, 0.6) is 0 Å². The Morgan fingerprint density at radius 1 is 1.53 bits per heavy atom. The van der Waals surface area contributed by atoms with E-state index in [0.29, 0.717) is 18.7 Å². The topological polar surface area (TPSA) is 108 Å². The molecule has 1 aliphatic heterocycles. The van der Waals surface area contributed by atoms with Crippen LogP contribution in [0, 0.1) is 10.1 Å². The zero-order valence-corrected chi connectivity index (χ0v) is 9.41. The number of nitro groups is 1. The minimum absolute atomic E-state index is 0.309. The predicted octanol–water partition coefficient (Wildman–Crippen LogP) is -0.419. The minimum Gasteiger partial charge on any atom is -0.484 e. The first-order valence-electron chi connectivity index (χ1n) is 4.87. The van der Waals surface area contributed by atoms with Gasteiger partial charge in [-0.15, -0.1) is 0 Å². The van der Waals surface area contributed by atoms with Crippen molar-refractivity contribution in [3.05, 3.63) is 10.1 Å². The van der Waals surface area contributed by atoms with Crippen LogP contribution in [0.15, 0.2) is 4.99 Å². The Kier molecular flexibility index (Phi) is 4.13. The third-order valence-electron chi connectivity index (χ3n) is 2.40. The minimum atomic E-state index is -2.01. The normalized spacial score (nSPS) is 20.4. The molecule has 8 nitrogen and oxygen atoms in total. The second kappa shape index (κ2) is 5.37. The summed E-state index contributed by atoms with van der Waals surface area (Å²) < 4.78 is 9.06. The van der Waals surface area contributed by atoms with Crippen molar-refractivity contribution >= 4 is 17.7 Å². The molecule has 0 aromatic carbocycles. The van der Waals surface area contributed by atoms with E-state index in [0.717, 1.165) is 7.11 Å². The van der Waals surface area contributed by atoms with Crippen LogP contribution in [0.1, 0.15) is 12.8 Å². The van der Waals surface area contributed by atoms with Gasteiger partial charge >= 0.3 is 12.0 Å². The summed E-state index contributed by atoms with van der Waals surface area (Å²) >= 11 is 0. The lowest BCUT2D eigenvalue weighted by Gasteiger charge is -2.08. The Morgan fingerprint density at radius 2 is 2.18 bits per heavy atom. The number of ketones is 1. The van der Waals surface area contributed by atoms with Crippen molar-refractivity contribution in [2.75, 3.05) is 14.2 Å². The van der Waals surface area contributed by atoms with E-state index in [1.165, 1.54) is 7.11 Å². The number of aliphatic imine (C=N–C) groups is 1. The lowest BCUT2D eigenvalue weighted by Crippen LogP contribution is -2.43. The summed E-state index contributed by atoms with van der Waals surface area (Å²) in [6.07, 6.45) is 0.738. The van der Waals surface area contributed by atoms with Crippen LogP contribution in [0.3, 0.4) is 0 Å². The molecule has 2 atom stereocenters. The molecular formula is C9H12N2O6. The average molecular weight is 244 g/mol. The molecule has 0 radical (unpaired) electrons. The van der Waals surface area contributed by atoms with Crippen molar-refractivity contribution in [2.45, 2.75) is 24.9 Å². The number of ether oxygens (including phenoxy) is 2. The quantitative estimate of drug-likeness (QED) is 0.287. The highest BCUT2D eigenvalue weighted by Gasteiger charge is 2.44. The Bertz CT molecular complexity index is 378. The van der Waals surface area contributed by atoms with Gasteiger partial charge < -0.3 is 9.47 Å². The first-order chi connectivity index (χ1) is 8.01. The highest BCUT2D eigenvalue weighted by atomic mass is 16.6. The molecule has 0 aromatic rings. The molecular weight excluding hydrogens is 232 g/mol. The van der Waals surface area contributed by atoms with Crippen LogP contribution in [-0.4, -0.2) is 48.9 Å². The van der Waals surface area contributed by atoms with E-state index < -0.39 is 28.8 Å². The van der Waals surface area contributed by atoms with Gasteiger partial charge in [0.2, 0.25) is 5.78 Å². The van der Waals surface area contributed by atoms with Crippen molar-refractivity contribution in [1.82, 2.24) is 0 Å². The second-order valence-corrected chi connectivity index (χ2v) is 3.39. The van der Waals surface area contributed by atoms with Gasteiger partial charge in [-0.2, -0.15) is 0 Å². The van der Waals surface area contributed by atoms with E-state index in [4.69, 9.17) is 4.74 Å². The molecule has 1 heterocycles. The molecule has 0 fully saturated rings. The average Bonchev–Trinajstić information content (AvgIpc) is 2.76. The first kappa shape index (κ1) is 13.1. The molecule has 0 aromatic heterocycles. The van der Waals surface area contributed by atoms with E-state index in [-0.39, 0.29) is 0 Å². The van der Waals surface area contributed by atoms with E-state index in [9.17, 15) is 19.7 Å². The molecule has 94 valence electrons. The van der Waals surface area contributed by atoms with Gasteiger partial charge in [0.05, 0.1) is 14.2 Å². The zero-order valence-electron chi connectivity index (χ0n) is 9.41. The Balaban J connectivity index is 2.83. The molecule has 0 bridgehead atoms. The molecule has 0 amide bonds. The number of Topliss-reactive ketones (excluding diaryl/α,β-unsaturated/α-hetero) is 1. The lowest BCUT2D eigenvalue weighted by molar-refractivity contribution is -0.496. The van der Waals surface area contributed by atoms with Gasteiger partial charge in [0.1, 0.15) is 6.04 Å². The Hall–Kier alpha value is -1.99. The maximum absolute atomic E-state index is 11.7. The third-order valence-corrected chi connectivity index (χ3v) is 2.40. The van der Waals surface area contributed by atoms with Crippen LogP contribution in [0.4, 0.5) is 0 Å². The highest BCUT2D eigenvalue weighted by molar-refractivity contribution is 6.05. The maximum Gasteiger partial charge on any atom is 0.389 e. The number of carbonyl (C=O) groups excluding carboxylic acids is 2. The van der Waals surface area contributed by atoms with E-state index in [1.54, 1.807) is 0 Å². The van der Waals surface area contributed by atoms with Gasteiger partial charge in [-0.25, -0.2) is 9.79 Å². The molecule has 0 saturated carbocycles. The van der Waals surface area contributed by atoms with Crippen molar-refractivity contribution in [3.63, 3.8) is 0 Å². The molecule has 1 rings (SSSR count). The number of hydrogen-bond acceptors (Lipinski definition) is 7. The summed E-state index contributed by atoms with van der Waals surface area (Å²) in [5.74, 6) is -1.69. The van der Waals surface area contributed by atoms with E-state index in [2.05, 4.69) is 9.73 Å². The summed E-state index contributed by atoms with van der Waals surface area (Å²) in [5, 5.41) is 10.7. The maximum atomic E-state index is 11.7. The van der Waals surface area contributed by atoms with Gasteiger partial charge in [-0.3, -0.25) is 14.9 Å². The Labute approximate surface area is 96.8 Å². The highest BCUT2D eigenvalue weighted by Crippen LogP contribution is 2.17. The van der Waals surface area contributed by atoms with Gasteiger partial charge in [-0.05, 0) is 6.42 Å². The van der Waals surface area contributed by atoms with E-state index >= 15 is 0 Å². The summed E-state index contributed by atoms with van der Waals surface area (Å²) in [5.41, 5.74) is 0. The largest absolute Gasteiger partial charge is 0.484 e. The fourth-order valence-corrected chi connectivity index (χ4v) is 1.52. The summed E-state index contributed by atoms with van der Waals surface area (Å²) in [4.78, 5) is 36.4. The summed E-state index contributed by atoms with van der Waals surface area (Å²) in [6.45, 7) is 0. The standard InChI is InChI=1S/C9H12N2O6/c1-16-6-4-3-5(10-6)8(12)7(11(14)15)9(13)17-2/h5,7H,3-4H2,1-2H3. The van der Waals surface area contributed by atoms with Crippen molar-refractivity contribution in [2.24, 2.45) is 4.99 Å². The zero-order chi connectivity index (χ0) is 13.0. The van der Waals surface area contributed by atoms with Crippen molar-refractivity contribution in [1.29, 1.82) is 0 Å². The van der Waals surface area contributed by atoms with Crippen LogP contribution in [-0.2, 0) is 19.1 Å². The number of rotatable bonds is 4. The summed E-state index contributed by atoms with van der Waals surface area (Å²) in [6, 6.07) is -2.91. The SMILES string of the molecule is COC(=O)C(C(=O)C1CCC(OC)=N1)[N+](=O)[O-]. The molecule has 8 heteroatoms. The van der Waals surface area contributed by atoms with Gasteiger partial charge in [0, 0.05) is 11.3 Å². The number of esters is 1. The van der Waals surface area contributed by atoms with Crippen LogP contribution >= 0.6 is 0 Å². The van der Waals surface area contributed by atoms with Gasteiger partial charge in [0.15, 0.2) is 5.90 Å². The number of nitrogens with zero attached hydrogens (tertiary/aromatic N) is 2. The molecule has 17 heavy (non-hydrogen) atoms. The lowest BCUT2D eigenvalue weighted by atomic mass is 10.0. The second-order valence-electron chi connectivity index (χ2n) is 3.39. The monoisotopic (exact) mass is 244 g/mol. The Morgan fingerprint density at radius 3 is 2.59 bits per heavy atom. The number of methoxy groups -OCH3 is 2. The molecule has 0 aliphatic carbocycles. The van der Waals surface area contributed by atoms with Crippen LogP contribution in [0.2, 0.25) is 0 Å².